The lowest BCUT2D eigenvalue weighted by molar-refractivity contribution is 0.122. The second kappa shape index (κ2) is 6.40. The summed E-state index contributed by atoms with van der Waals surface area (Å²) < 4.78 is 7.02. The molecule has 0 aliphatic carbocycles. The Morgan fingerprint density at radius 3 is 2.92 bits per heavy atom. The lowest BCUT2D eigenvalue weighted by atomic mass is 10.3. The molecule has 124 valence electrons. The fraction of sp³-hybridized carbons (Fsp3) is 0.375. The highest BCUT2D eigenvalue weighted by Crippen LogP contribution is 2.13. The van der Waals surface area contributed by atoms with Gasteiger partial charge in [0.05, 0.1) is 30.4 Å². The molecule has 0 atom stereocenters. The van der Waals surface area contributed by atoms with Crippen LogP contribution in [0.2, 0.25) is 0 Å². The van der Waals surface area contributed by atoms with E-state index in [1.165, 1.54) is 0 Å². The number of aryl methyl sites for hydroxylation is 2. The van der Waals surface area contributed by atoms with Gasteiger partial charge < -0.3 is 19.2 Å². The summed E-state index contributed by atoms with van der Waals surface area (Å²) in [6.45, 7) is 3.48. The first-order valence-corrected chi connectivity index (χ1v) is 7.97. The lowest BCUT2D eigenvalue weighted by Gasteiger charge is -2.26. The van der Waals surface area contributed by atoms with Crippen molar-refractivity contribution < 1.29 is 4.74 Å². The molecule has 0 aromatic carbocycles. The predicted molar refractivity (Wildman–Crippen MR) is 89.1 cm³/mol. The Kier molecular flexibility index (Phi) is 3.96. The number of fused-ring (bicyclic) bond motifs is 1. The average Bonchev–Trinajstić information content (AvgIpc) is 3.15. The fourth-order valence-corrected chi connectivity index (χ4v) is 2.81. The standard InChI is InChI=1S/C16H18N6O2/c23-15-13-10-18-16(22-5-7-24-8-6-22)20-14(13)2-4-21(15)3-1-12-9-17-11-19-12/h2,4,9-11H,1,3,5-8H2,(H,17,19). The number of ether oxygens (including phenoxy) is 1. The van der Waals surface area contributed by atoms with Crippen LogP contribution in [0.3, 0.4) is 0 Å². The molecule has 0 amide bonds. The van der Waals surface area contributed by atoms with Gasteiger partial charge in [0.2, 0.25) is 5.95 Å². The van der Waals surface area contributed by atoms with Crippen LogP contribution in [0.15, 0.2) is 35.8 Å². The van der Waals surface area contributed by atoms with Crippen molar-refractivity contribution in [3.8, 4) is 0 Å². The summed E-state index contributed by atoms with van der Waals surface area (Å²) in [6, 6.07) is 1.87. The maximum Gasteiger partial charge on any atom is 0.261 e. The molecule has 4 heterocycles. The van der Waals surface area contributed by atoms with Crippen LogP contribution < -0.4 is 10.5 Å². The molecule has 0 spiro atoms. The summed E-state index contributed by atoms with van der Waals surface area (Å²) in [4.78, 5) is 30.6. The van der Waals surface area contributed by atoms with Gasteiger partial charge in [0, 0.05) is 50.3 Å². The molecule has 8 nitrogen and oxygen atoms in total. The SMILES string of the molecule is O=c1c2cnc(N3CCOCC3)nc2ccn1CCc1cnc[nH]1. The number of rotatable bonds is 4. The van der Waals surface area contributed by atoms with Crippen LogP contribution in [0.1, 0.15) is 5.69 Å². The lowest BCUT2D eigenvalue weighted by Crippen LogP contribution is -2.37. The summed E-state index contributed by atoms with van der Waals surface area (Å²) in [5, 5.41) is 0.541. The maximum absolute atomic E-state index is 12.6. The van der Waals surface area contributed by atoms with Gasteiger partial charge in [-0.3, -0.25) is 4.79 Å². The Bertz CT molecular complexity index is 883. The summed E-state index contributed by atoms with van der Waals surface area (Å²) in [5.41, 5.74) is 1.61. The van der Waals surface area contributed by atoms with E-state index in [2.05, 4.69) is 24.8 Å². The third-order valence-electron chi connectivity index (χ3n) is 4.18. The normalized spacial score (nSPS) is 15.1. The van der Waals surface area contributed by atoms with Gasteiger partial charge in [0.1, 0.15) is 0 Å². The average molecular weight is 326 g/mol. The highest BCUT2D eigenvalue weighted by Gasteiger charge is 2.15. The minimum absolute atomic E-state index is 0.0689. The second-order valence-corrected chi connectivity index (χ2v) is 5.71. The zero-order chi connectivity index (χ0) is 16.4. The molecule has 0 bridgehead atoms. The van der Waals surface area contributed by atoms with Crippen molar-refractivity contribution in [3.63, 3.8) is 0 Å². The van der Waals surface area contributed by atoms with Crippen LogP contribution in [-0.4, -0.2) is 50.8 Å². The van der Waals surface area contributed by atoms with Gasteiger partial charge in [0.25, 0.3) is 5.56 Å². The molecule has 0 saturated carbocycles. The monoisotopic (exact) mass is 326 g/mol. The van der Waals surface area contributed by atoms with Crippen molar-refractivity contribution in [2.45, 2.75) is 13.0 Å². The number of hydrogen-bond acceptors (Lipinski definition) is 6. The first kappa shape index (κ1) is 14.8. The Labute approximate surface area is 138 Å². The Hall–Kier alpha value is -2.74. The minimum atomic E-state index is -0.0689. The van der Waals surface area contributed by atoms with E-state index < -0.39 is 0 Å². The number of hydrogen-bond donors (Lipinski definition) is 1. The zero-order valence-electron chi connectivity index (χ0n) is 13.2. The van der Waals surface area contributed by atoms with E-state index in [0.717, 1.165) is 25.2 Å². The van der Waals surface area contributed by atoms with E-state index in [-0.39, 0.29) is 5.56 Å². The van der Waals surface area contributed by atoms with Gasteiger partial charge >= 0.3 is 0 Å². The molecule has 0 unspecified atom stereocenters. The molecule has 0 radical (unpaired) electrons. The number of nitrogens with zero attached hydrogens (tertiary/aromatic N) is 5. The maximum atomic E-state index is 12.6. The van der Waals surface area contributed by atoms with Crippen LogP contribution in [0.5, 0.6) is 0 Å². The van der Waals surface area contributed by atoms with E-state index in [9.17, 15) is 4.79 Å². The number of imidazole rings is 1. The molecular weight excluding hydrogens is 308 g/mol. The van der Waals surface area contributed by atoms with Crippen LogP contribution in [0.25, 0.3) is 10.9 Å². The van der Waals surface area contributed by atoms with Crippen LogP contribution in [-0.2, 0) is 17.7 Å². The summed E-state index contributed by atoms with van der Waals surface area (Å²) in [5.74, 6) is 0.653. The number of aromatic amines is 1. The Morgan fingerprint density at radius 1 is 1.25 bits per heavy atom. The number of anilines is 1. The van der Waals surface area contributed by atoms with E-state index in [4.69, 9.17) is 4.74 Å². The molecule has 24 heavy (non-hydrogen) atoms. The molecule has 1 aliphatic heterocycles. The van der Waals surface area contributed by atoms with E-state index >= 15 is 0 Å². The quantitative estimate of drug-likeness (QED) is 0.755. The number of aromatic nitrogens is 5. The largest absolute Gasteiger partial charge is 0.378 e. The highest BCUT2D eigenvalue weighted by atomic mass is 16.5. The van der Waals surface area contributed by atoms with Gasteiger partial charge in [-0.15, -0.1) is 0 Å². The smallest absolute Gasteiger partial charge is 0.261 e. The topological polar surface area (TPSA) is 88.9 Å². The molecule has 3 aromatic rings. The first-order chi connectivity index (χ1) is 11.8. The third kappa shape index (κ3) is 2.88. The van der Waals surface area contributed by atoms with Crippen molar-refractivity contribution in [2.75, 3.05) is 31.2 Å². The summed E-state index contributed by atoms with van der Waals surface area (Å²) >= 11 is 0. The van der Waals surface area contributed by atoms with Gasteiger partial charge in [-0.1, -0.05) is 0 Å². The van der Waals surface area contributed by atoms with Crippen molar-refractivity contribution in [1.82, 2.24) is 24.5 Å². The number of pyridine rings is 1. The molecular formula is C16H18N6O2. The molecule has 8 heteroatoms. The van der Waals surface area contributed by atoms with E-state index in [1.807, 2.05) is 6.07 Å². The zero-order valence-corrected chi connectivity index (χ0v) is 13.2. The summed E-state index contributed by atoms with van der Waals surface area (Å²) in [6.07, 6.45) is 7.54. The fourth-order valence-electron chi connectivity index (χ4n) is 2.81. The van der Waals surface area contributed by atoms with Gasteiger partial charge in [-0.05, 0) is 6.07 Å². The van der Waals surface area contributed by atoms with Crippen molar-refractivity contribution in [1.29, 1.82) is 0 Å². The molecule has 1 N–H and O–H groups in total. The number of morpholine rings is 1. The highest BCUT2D eigenvalue weighted by molar-refractivity contribution is 5.77. The third-order valence-corrected chi connectivity index (χ3v) is 4.18. The van der Waals surface area contributed by atoms with Crippen LogP contribution in [0.4, 0.5) is 5.95 Å². The Morgan fingerprint density at radius 2 is 2.12 bits per heavy atom. The molecule has 1 aliphatic rings. The van der Waals surface area contributed by atoms with E-state index in [1.54, 1.807) is 29.5 Å². The number of nitrogens with one attached hydrogen (secondary N) is 1. The van der Waals surface area contributed by atoms with Crippen molar-refractivity contribution >= 4 is 16.9 Å². The molecule has 4 rings (SSSR count). The van der Waals surface area contributed by atoms with Crippen LogP contribution >= 0.6 is 0 Å². The van der Waals surface area contributed by atoms with E-state index in [0.29, 0.717) is 36.6 Å². The van der Waals surface area contributed by atoms with Gasteiger partial charge in [-0.25, -0.2) is 15.0 Å². The molecule has 1 saturated heterocycles. The predicted octanol–water partition coefficient (Wildman–Crippen LogP) is 0.594. The van der Waals surface area contributed by atoms with Crippen molar-refractivity contribution in [2.24, 2.45) is 0 Å². The summed E-state index contributed by atoms with van der Waals surface area (Å²) in [7, 11) is 0. The second-order valence-electron chi connectivity index (χ2n) is 5.71. The van der Waals surface area contributed by atoms with Crippen molar-refractivity contribution in [3.05, 3.63) is 47.0 Å². The molecule has 1 fully saturated rings. The first-order valence-electron chi connectivity index (χ1n) is 7.97. The number of H-pyrrole nitrogens is 1. The van der Waals surface area contributed by atoms with Gasteiger partial charge in [-0.2, -0.15) is 0 Å². The minimum Gasteiger partial charge on any atom is -0.378 e. The molecule has 3 aromatic heterocycles. The Balaban J connectivity index is 1.60. The van der Waals surface area contributed by atoms with Crippen LogP contribution in [0, 0.1) is 0 Å². The van der Waals surface area contributed by atoms with Gasteiger partial charge in [0.15, 0.2) is 0 Å².